The summed E-state index contributed by atoms with van der Waals surface area (Å²) >= 11 is 0. The summed E-state index contributed by atoms with van der Waals surface area (Å²) in [5, 5.41) is 3.53. The Morgan fingerprint density at radius 2 is 2.21 bits per heavy atom. The van der Waals surface area contributed by atoms with Gasteiger partial charge in [-0.25, -0.2) is 0 Å². The van der Waals surface area contributed by atoms with Crippen molar-refractivity contribution in [2.24, 2.45) is 5.92 Å². The molecule has 2 nitrogen and oxygen atoms in total. The van der Waals surface area contributed by atoms with Crippen LogP contribution in [-0.2, 0) is 0 Å². The molecule has 0 radical (unpaired) electrons. The smallest absolute Gasteiger partial charge is 0.0167 e. The van der Waals surface area contributed by atoms with Gasteiger partial charge < -0.3 is 5.32 Å². The van der Waals surface area contributed by atoms with E-state index in [0.29, 0.717) is 6.04 Å². The van der Waals surface area contributed by atoms with Gasteiger partial charge in [-0.15, -0.1) is 0 Å². The lowest BCUT2D eigenvalue weighted by Crippen LogP contribution is -2.53. The monoisotopic (exact) mass is 196 g/mol. The van der Waals surface area contributed by atoms with E-state index in [1.165, 1.54) is 45.3 Å². The van der Waals surface area contributed by atoms with Crippen molar-refractivity contribution in [3.05, 3.63) is 0 Å². The van der Waals surface area contributed by atoms with Crippen LogP contribution in [0.2, 0.25) is 0 Å². The molecule has 1 heterocycles. The molecule has 1 saturated carbocycles. The summed E-state index contributed by atoms with van der Waals surface area (Å²) in [5.41, 5.74) is 0. The Morgan fingerprint density at radius 1 is 1.36 bits per heavy atom. The number of rotatable bonds is 2. The molecule has 2 rings (SSSR count). The van der Waals surface area contributed by atoms with Crippen LogP contribution in [0.15, 0.2) is 0 Å². The topological polar surface area (TPSA) is 15.3 Å². The molecule has 1 aliphatic carbocycles. The summed E-state index contributed by atoms with van der Waals surface area (Å²) in [4.78, 5) is 2.74. The summed E-state index contributed by atoms with van der Waals surface area (Å²) in [7, 11) is 0. The van der Waals surface area contributed by atoms with E-state index in [-0.39, 0.29) is 0 Å². The Balaban J connectivity index is 1.92. The van der Waals surface area contributed by atoms with Crippen molar-refractivity contribution in [2.75, 3.05) is 19.6 Å². The van der Waals surface area contributed by atoms with Crippen molar-refractivity contribution in [1.82, 2.24) is 10.2 Å². The van der Waals surface area contributed by atoms with Gasteiger partial charge in [-0.05, 0) is 25.7 Å². The molecule has 1 N–H and O–H groups in total. The third-order valence-corrected chi connectivity index (χ3v) is 4.01. The van der Waals surface area contributed by atoms with E-state index in [2.05, 4.69) is 24.1 Å². The molecule has 0 aromatic carbocycles. The van der Waals surface area contributed by atoms with Gasteiger partial charge in [-0.2, -0.15) is 0 Å². The minimum Gasteiger partial charge on any atom is -0.312 e. The van der Waals surface area contributed by atoms with Gasteiger partial charge in [0.2, 0.25) is 0 Å². The van der Waals surface area contributed by atoms with Gasteiger partial charge in [0.25, 0.3) is 0 Å². The standard InChI is InChI=1S/C12H24N2/c1-3-11-5-4-6-12(11)14-8-7-13-10(2)9-14/h10-13H,3-9H2,1-2H3. The summed E-state index contributed by atoms with van der Waals surface area (Å²) in [5.74, 6) is 0.986. The Morgan fingerprint density at radius 3 is 2.93 bits per heavy atom. The van der Waals surface area contributed by atoms with Gasteiger partial charge in [0.15, 0.2) is 0 Å². The third-order valence-electron chi connectivity index (χ3n) is 4.01. The SMILES string of the molecule is CCC1CCCC1N1CCNC(C)C1. The van der Waals surface area contributed by atoms with E-state index in [0.717, 1.165) is 12.0 Å². The highest BCUT2D eigenvalue weighted by Crippen LogP contribution is 2.32. The zero-order chi connectivity index (χ0) is 9.97. The Labute approximate surface area is 88.1 Å². The van der Waals surface area contributed by atoms with Gasteiger partial charge in [0, 0.05) is 31.7 Å². The first-order chi connectivity index (χ1) is 6.81. The highest BCUT2D eigenvalue weighted by molar-refractivity contribution is 4.88. The molecule has 82 valence electrons. The lowest BCUT2D eigenvalue weighted by molar-refractivity contribution is 0.120. The van der Waals surface area contributed by atoms with Gasteiger partial charge >= 0.3 is 0 Å². The molecule has 3 unspecified atom stereocenters. The molecule has 2 fully saturated rings. The quantitative estimate of drug-likeness (QED) is 0.725. The Bertz CT molecular complexity index is 181. The highest BCUT2D eigenvalue weighted by Gasteiger charge is 2.32. The van der Waals surface area contributed by atoms with Gasteiger partial charge in [-0.1, -0.05) is 19.8 Å². The molecule has 0 aromatic rings. The van der Waals surface area contributed by atoms with Crippen molar-refractivity contribution < 1.29 is 0 Å². The summed E-state index contributed by atoms with van der Waals surface area (Å²) in [6.07, 6.45) is 5.76. The second-order valence-electron chi connectivity index (χ2n) is 5.02. The average molecular weight is 196 g/mol. The second kappa shape index (κ2) is 4.63. The van der Waals surface area contributed by atoms with Gasteiger partial charge in [0.1, 0.15) is 0 Å². The van der Waals surface area contributed by atoms with Crippen LogP contribution < -0.4 is 5.32 Å². The molecule has 1 aliphatic heterocycles. The number of nitrogens with zero attached hydrogens (tertiary/aromatic N) is 1. The van der Waals surface area contributed by atoms with E-state index in [1.807, 2.05) is 0 Å². The molecule has 0 spiro atoms. The summed E-state index contributed by atoms with van der Waals surface area (Å²) in [6, 6.07) is 1.60. The maximum absolute atomic E-state index is 3.53. The normalized spacial score (nSPS) is 40.3. The van der Waals surface area contributed by atoms with Gasteiger partial charge in [-0.3, -0.25) is 4.90 Å². The largest absolute Gasteiger partial charge is 0.312 e. The third kappa shape index (κ3) is 2.12. The molecular formula is C12H24N2. The molecule has 1 saturated heterocycles. The zero-order valence-corrected chi connectivity index (χ0v) is 9.63. The lowest BCUT2D eigenvalue weighted by atomic mass is 9.98. The molecule has 2 aliphatic rings. The van der Waals surface area contributed by atoms with E-state index in [4.69, 9.17) is 0 Å². The maximum atomic E-state index is 3.53. The fourth-order valence-electron chi connectivity index (χ4n) is 3.24. The summed E-state index contributed by atoms with van der Waals surface area (Å²) in [6.45, 7) is 8.39. The molecule has 0 aromatic heterocycles. The lowest BCUT2D eigenvalue weighted by Gasteiger charge is -2.38. The van der Waals surface area contributed by atoms with Crippen LogP contribution in [0.4, 0.5) is 0 Å². The number of nitrogens with one attached hydrogen (secondary N) is 1. The first kappa shape index (κ1) is 10.4. The predicted octanol–water partition coefficient (Wildman–Crippen LogP) is 1.86. The second-order valence-corrected chi connectivity index (χ2v) is 5.02. The minimum atomic E-state index is 0.696. The first-order valence-corrected chi connectivity index (χ1v) is 6.28. The summed E-state index contributed by atoms with van der Waals surface area (Å²) < 4.78 is 0. The van der Waals surface area contributed by atoms with E-state index < -0.39 is 0 Å². The molecule has 0 amide bonds. The zero-order valence-electron chi connectivity index (χ0n) is 9.63. The number of hydrogen-bond donors (Lipinski definition) is 1. The van der Waals surface area contributed by atoms with Crippen LogP contribution in [-0.4, -0.2) is 36.6 Å². The van der Waals surface area contributed by atoms with Crippen LogP contribution in [0.25, 0.3) is 0 Å². The minimum absolute atomic E-state index is 0.696. The molecule has 2 heteroatoms. The van der Waals surface area contributed by atoms with Crippen molar-refractivity contribution >= 4 is 0 Å². The number of hydrogen-bond acceptors (Lipinski definition) is 2. The van der Waals surface area contributed by atoms with Crippen molar-refractivity contribution in [1.29, 1.82) is 0 Å². The molecule has 0 bridgehead atoms. The predicted molar refractivity (Wildman–Crippen MR) is 60.5 cm³/mol. The van der Waals surface area contributed by atoms with Crippen LogP contribution in [0, 0.1) is 5.92 Å². The van der Waals surface area contributed by atoms with E-state index in [1.54, 1.807) is 0 Å². The van der Waals surface area contributed by atoms with Crippen molar-refractivity contribution in [2.45, 2.75) is 51.6 Å². The highest BCUT2D eigenvalue weighted by atomic mass is 15.2. The van der Waals surface area contributed by atoms with Crippen molar-refractivity contribution in [3.8, 4) is 0 Å². The van der Waals surface area contributed by atoms with Crippen LogP contribution in [0.3, 0.4) is 0 Å². The van der Waals surface area contributed by atoms with Crippen LogP contribution in [0.1, 0.15) is 39.5 Å². The van der Waals surface area contributed by atoms with E-state index in [9.17, 15) is 0 Å². The Hall–Kier alpha value is -0.0800. The fraction of sp³-hybridized carbons (Fsp3) is 1.00. The van der Waals surface area contributed by atoms with Crippen LogP contribution in [0.5, 0.6) is 0 Å². The fourth-order valence-corrected chi connectivity index (χ4v) is 3.24. The average Bonchev–Trinajstić information content (AvgIpc) is 2.65. The molecule has 14 heavy (non-hydrogen) atoms. The molecule has 3 atom stereocenters. The maximum Gasteiger partial charge on any atom is 0.0167 e. The van der Waals surface area contributed by atoms with Gasteiger partial charge in [0.05, 0.1) is 0 Å². The number of piperazine rings is 1. The van der Waals surface area contributed by atoms with E-state index >= 15 is 0 Å². The van der Waals surface area contributed by atoms with Crippen LogP contribution >= 0.6 is 0 Å². The Kier molecular flexibility index (Phi) is 3.45. The first-order valence-electron chi connectivity index (χ1n) is 6.28. The molecular weight excluding hydrogens is 172 g/mol. The van der Waals surface area contributed by atoms with Crippen molar-refractivity contribution in [3.63, 3.8) is 0 Å².